The first-order valence-electron chi connectivity index (χ1n) is 8.10. The second-order valence-corrected chi connectivity index (χ2v) is 6.16. The quantitative estimate of drug-likeness (QED) is 0.273. The predicted octanol–water partition coefficient (Wildman–Crippen LogP) is 4.29. The minimum absolute atomic E-state index is 0.419. The Hall–Kier alpha value is -2.92. The Kier molecular flexibility index (Phi) is 5.81. The van der Waals surface area contributed by atoms with Crippen molar-refractivity contribution in [2.24, 2.45) is 10.7 Å². The van der Waals surface area contributed by atoms with Crippen molar-refractivity contribution in [2.75, 3.05) is 0 Å². The molecule has 26 heavy (non-hydrogen) atoms. The number of benzene rings is 3. The number of halogens is 1. The Morgan fingerprint density at radius 3 is 2.38 bits per heavy atom. The first kappa shape index (κ1) is 17.9. The lowest BCUT2D eigenvalue weighted by Crippen LogP contribution is -2.73. The van der Waals surface area contributed by atoms with Gasteiger partial charge in [-0.3, -0.25) is 0 Å². The summed E-state index contributed by atoms with van der Waals surface area (Å²) in [6.45, 7) is 0. The summed E-state index contributed by atoms with van der Waals surface area (Å²) in [6, 6.07) is 23.0. The van der Waals surface area contributed by atoms with Gasteiger partial charge in [0.1, 0.15) is 5.84 Å². The van der Waals surface area contributed by atoms with E-state index in [-0.39, 0.29) is 0 Å². The maximum atomic E-state index is 9.13. The summed E-state index contributed by atoms with van der Waals surface area (Å²) in [6.07, 6.45) is 3.68. The van der Waals surface area contributed by atoms with Crippen molar-refractivity contribution in [1.29, 1.82) is 0 Å². The van der Waals surface area contributed by atoms with E-state index in [0.29, 0.717) is 10.9 Å². The molecule has 5 heteroatoms. The molecule has 0 radical (unpaired) electrons. The van der Waals surface area contributed by atoms with Gasteiger partial charge in [-0.25, -0.2) is 10.2 Å². The normalized spacial score (nSPS) is 11.8. The van der Waals surface area contributed by atoms with Crippen LogP contribution in [0.2, 0.25) is 5.02 Å². The number of hydrogen-bond acceptors (Lipinski definition) is 2. The zero-order chi connectivity index (χ0) is 18.4. The first-order chi connectivity index (χ1) is 12.6. The van der Waals surface area contributed by atoms with Crippen molar-refractivity contribution in [3.05, 3.63) is 89.5 Å². The Balaban J connectivity index is 1.72. The van der Waals surface area contributed by atoms with E-state index in [0.717, 1.165) is 33.5 Å². The molecule has 0 amide bonds. The Labute approximate surface area is 157 Å². The molecule has 0 saturated carbocycles. The molecule has 0 bridgehead atoms. The molecule has 0 saturated heterocycles. The molecular formula is C21H19ClN3O+. The summed E-state index contributed by atoms with van der Waals surface area (Å²) < 4.78 is 0. The van der Waals surface area contributed by atoms with Crippen molar-refractivity contribution >= 4 is 34.9 Å². The topological polar surface area (TPSA) is 75.2 Å². The average Bonchev–Trinajstić information content (AvgIpc) is 2.68. The van der Waals surface area contributed by atoms with E-state index in [4.69, 9.17) is 22.5 Å². The molecule has 0 aliphatic heterocycles. The van der Waals surface area contributed by atoms with Gasteiger partial charge in [0, 0.05) is 17.2 Å². The third-order valence-corrected chi connectivity index (χ3v) is 4.06. The van der Waals surface area contributed by atoms with E-state index < -0.39 is 0 Å². The molecule has 4 nitrogen and oxygen atoms in total. The molecule has 130 valence electrons. The number of nitrogens with two attached hydrogens (primary N) is 2. The molecule has 0 heterocycles. The van der Waals surface area contributed by atoms with Crippen molar-refractivity contribution in [1.82, 2.24) is 0 Å². The van der Waals surface area contributed by atoms with Gasteiger partial charge in [-0.05, 0) is 47.0 Å². The van der Waals surface area contributed by atoms with Gasteiger partial charge in [-0.2, -0.15) is 5.48 Å². The summed E-state index contributed by atoms with van der Waals surface area (Å²) in [5.74, 6) is 0.419. The monoisotopic (exact) mass is 364 g/mol. The fraction of sp³-hybridized carbons (Fsp3) is 0. The zero-order valence-electron chi connectivity index (χ0n) is 14.0. The van der Waals surface area contributed by atoms with Crippen LogP contribution in [0.5, 0.6) is 0 Å². The number of amidine groups is 1. The molecule has 0 spiro atoms. The van der Waals surface area contributed by atoms with Crippen LogP contribution in [0.3, 0.4) is 0 Å². The highest BCUT2D eigenvalue weighted by molar-refractivity contribution is 6.30. The maximum Gasteiger partial charge on any atom is 0.162 e. The molecule has 0 aliphatic rings. The van der Waals surface area contributed by atoms with Gasteiger partial charge >= 0.3 is 0 Å². The largest absolute Gasteiger partial charge is 0.384 e. The summed E-state index contributed by atoms with van der Waals surface area (Å²) in [7, 11) is 0. The number of nitrogens with zero attached hydrogens (tertiary/aromatic N) is 1. The van der Waals surface area contributed by atoms with E-state index >= 15 is 0 Å². The molecule has 0 unspecified atom stereocenters. The van der Waals surface area contributed by atoms with Gasteiger partial charge in [-0.1, -0.05) is 54.1 Å². The number of aliphatic imine (C=N–C) groups is 1. The van der Waals surface area contributed by atoms with Crippen molar-refractivity contribution in [3.8, 4) is 11.1 Å². The van der Waals surface area contributed by atoms with Gasteiger partial charge in [-0.15, -0.1) is 0 Å². The standard InChI is InChI=1S/C21H18ClN3O/c22-18-9-11-19(12-10-18)24-21(23)13-6-15-4-7-16(8-5-15)17-2-1-3-20(14-17)25-26/h1-14,25-26H,(H2,23,24)/p+1/b13-6+. The van der Waals surface area contributed by atoms with E-state index in [9.17, 15) is 0 Å². The van der Waals surface area contributed by atoms with Crippen LogP contribution in [-0.2, 0) is 0 Å². The van der Waals surface area contributed by atoms with E-state index in [1.165, 1.54) is 0 Å². The Morgan fingerprint density at radius 1 is 0.962 bits per heavy atom. The van der Waals surface area contributed by atoms with Crippen LogP contribution in [0.25, 0.3) is 17.2 Å². The minimum Gasteiger partial charge on any atom is -0.384 e. The lowest BCUT2D eigenvalue weighted by atomic mass is 10.0. The molecular weight excluding hydrogens is 346 g/mol. The number of hydrogen-bond donors (Lipinski definition) is 3. The van der Waals surface area contributed by atoms with Crippen LogP contribution in [0.1, 0.15) is 5.56 Å². The third kappa shape index (κ3) is 4.80. The number of quaternary nitrogens is 1. The summed E-state index contributed by atoms with van der Waals surface area (Å²) >= 11 is 5.86. The van der Waals surface area contributed by atoms with Crippen LogP contribution in [0, 0.1) is 0 Å². The molecule has 0 aromatic heterocycles. The maximum absolute atomic E-state index is 9.13. The van der Waals surface area contributed by atoms with Gasteiger partial charge in [0.2, 0.25) is 0 Å². The smallest absolute Gasteiger partial charge is 0.162 e. The molecule has 5 N–H and O–H groups in total. The predicted molar refractivity (Wildman–Crippen MR) is 107 cm³/mol. The highest BCUT2D eigenvalue weighted by Crippen LogP contribution is 2.22. The second-order valence-electron chi connectivity index (χ2n) is 5.72. The third-order valence-electron chi connectivity index (χ3n) is 3.81. The summed E-state index contributed by atoms with van der Waals surface area (Å²) in [5, 5.41) is 9.80. The van der Waals surface area contributed by atoms with Gasteiger partial charge in [0.15, 0.2) is 5.69 Å². The van der Waals surface area contributed by atoms with E-state index in [1.807, 2.05) is 66.7 Å². The SMILES string of the molecule is NC(/C=C/c1ccc(-c2cccc([NH2+]O)c2)cc1)=Nc1ccc(Cl)cc1. The van der Waals surface area contributed by atoms with Gasteiger partial charge in [0.05, 0.1) is 5.69 Å². The molecule has 0 atom stereocenters. The molecule has 0 aliphatic carbocycles. The van der Waals surface area contributed by atoms with Gasteiger partial charge < -0.3 is 5.73 Å². The van der Waals surface area contributed by atoms with E-state index in [1.54, 1.807) is 18.2 Å². The summed E-state index contributed by atoms with van der Waals surface area (Å²) in [4.78, 5) is 4.32. The fourth-order valence-electron chi connectivity index (χ4n) is 2.47. The lowest BCUT2D eigenvalue weighted by molar-refractivity contribution is -0.825. The highest BCUT2D eigenvalue weighted by Gasteiger charge is 2.01. The molecule has 3 aromatic rings. The first-order valence-corrected chi connectivity index (χ1v) is 8.47. The van der Waals surface area contributed by atoms with Crippen molar-refractivity contribution in [3.63, 3.8) is 0 Å². The lowest BCUT2D eigenvalue weighted by Gasteiger charge is -2.03. The number of rotatable bonds is 5. The van der Waals surface area contributed by atoms with E-state index in [2.05, 4.69) is 4.99 Å². The summed E-state index contributed by atoms with van der Waals surface area (Å²) in [5.41, 5.74) is 11.7. The minimum atomic E-state index is 0.419. The fourth-order valence-corrected chi connectivity index (χ4v) is 2.59. The second kappa shape index (κ2) is 8.45. The van der Waals surface area contributed by atoms with Crippen LogP contribution in [-0.4, -0.2) is 11.0 Å². The highest BCUT2D eigenvalue weighted by atomic mass is 35.5. The Bertz CT molecular complexity index is 932. The van der Waals surface area contributed by atoms with Crippen LogP contribution < -0.4 is 11.2 Å². The van der Waals surface area contributed by atoms with Crippen LogP contribution >= 0.6 is 11.6 Å². The molecule has 3 aromatic carbocycles. The van der Waals surface area contributed by atoms with Gasteiger partial charge in [0.25, 0.3) is 0 Å². The van der Waals surface area contributed by atoms with Crippen molar-refractivity contribution in [2.45, 2.75) is 0 Å². The average molecular weight is 365 g/mol. The molecule has 0 fully saturated rings. The van der Waals surface area contributed by atoms with Crippen molar-refractivity contribution < 1.29 is 10.7 Å². The zero-order valence-corrected chi connectivity index (χ0v) is 14.8. The Morgan fingerprint density at radius 2 is 1.69 bits per heavy atom. The van der Waals surface area contributed by atoms with Crippen LogP contribution in [0.15, 0.2) is 83.9 Å². The molecule has 3 rings (SSSR count). The van der Waals surface area contributed by atoms with Crippen LogP contribution in [0.4, 0.5) is 11.4 Å².